The third kappa shape index (κ3) is 2.12. The van der Waals surface area contributed by atoms with Crippen LogP contribution in [0.15, 0.2) is 6.07 Å². The van der Waals surface area contributed by atoms with Crippen molar-refractivity contribution >= 4 is 0 Å². The van der Waals surface area contributed by atoms with Gasteiger partial charge in [-0.2, -0.15) is 0 Å². The smallest absolute Gasteiger partial charge is 0.125 e. The maximum absolute atomic E-state index is 5.67. The lowest BCUT2D eigenvalue weighted by Gasteiger charge is -2.20. The summed E-state index contributed by atoms with van der Waals surface area (Å²) in [5.74, 6) is 2.46. The van der Waals surface area contributed by atoms with Crippen molar-refractivity contribution in [3.8, 4) is 11.5 Å². The third-order valence-corrected chi connectivity index (χ3v) is 3.48. The minimum absolute atomic E-state index is 0.422. The molecular weight excluding hydrogens is 214 g/mol. The Bertz CT molecular complexity index is 411. The number of rotatable bonds is 4. The van der Waals surface area contributed by atoms with Crippen molar-refractivity contribution in [3.63, 3.8) is 0 Å². The van der Waals surface area contributed by atoms with E-state index in [0.717, 1.165) is 36.5 Å². The van der Waals surface area contributed by atoms with Crippen molar-refractivity contribution in [2.24, 2.45) is 5.73 Å². The highest BCUT2D eigenvalue weighted by atomic mass is 16.5. The molecule has 0 spiro atoms. The molecule has 94 valence electrons. The van der Waals surface area contributed by atoms with Gasteiger partial charge in [0.1, 0.15) is 11.5 Å². The number of ether oxygens (including phenoxy) is 2. The molecule has 0 aliphatic carbocycles. The zero-order valence-electron chi connectivity index (χ0n) is 10.9. The van der Waals surface area contributed by atoms with Crippen LogP contribution in [0.4, 0.5) is 0 Å². The van der Waals surface area contributed by atoms with Gasteiger partial charge in [-0.15, -0.1) is 0 Å². The molecule has 0 radical (unpaired) electrons. The van der Waals surface area contributed by atoms with E-state index in [1.807, 2.05) is 0 Å². The molecule has 3 heteroatoms. The van der Waals surface area contributed by atoms with E-state index in [4.69, 9.17) is 15.2 Å². The second kappa shape index (κ2) is 4.96. The molecule has 0 bridgehead atoms. The van der Waals surface area contributed by atoms with Crippen molar-refractivity contribution in [1.29, 1.82) is 0 Å². The minimum Gasteiger partial charge on any atom is -0.496 e. The molecule has 1 aromatic rings. The molecule has 1 aliphatic rings. The van der Waals surface area contributed by atoms with Gasteiger partial charge in [0.15, 0.2) is 0 Å². The Hall–Kier alpha value is -1.22. The van der Waals surface area contributed by atoms with Crippen LogP contribution in [0.25, 0.3) is 0 Å². The molecule has 0 amide bonds. The average Bonchev–Trinajstić information content (AvgIpc) is 2.74. The molecule has 1 aliphatic heterocycles. The van der Waals surface area contributed by atoms with Gasteiger partial charge >= 0.3 is 0 Å². The number of hydrogen-bond acceptors (Lipinski definition) is 3. The Morgan fingerprint density at radius 2 is 2.29 bits per heavy atom. The summed E-state index contributed by atoms with van der Waals surface area (Å²) in [6.07, 6.45) is 1.96. The Morgan fingerprint density at radius 3 is 2.94 bits per heavy atom. The summed E-state index contributed by atoms with van der Waals surface area (Å²) in [7, 11) is 1.74. The summed E-state index contributed by atoms with van der Waals surface area (Å²) in [4.78, 5) is 0. The highest BCUT2D eigenvalue weighted by molar-refractivity contribution is 5.56. The van der Waals surface area contributed by atoms with Crippen LogP contribution in [-0.2, 0) is 6.42 Å². The van der Waals surface area contributed by atoms with Gasteiger partial charge in [-0.3, -0.25) is 0 Å². The van der Waals surface area contributed by atoms with Gasteiger partial charge in [-0.05, 0) is 37.4 Å². The standard InChI is InChI=1S/C14H21NO2/c1-9(4-6-15)13-11-5-7-17-12(11)8-10(2)14(13)16-3/h8-9H,4-7,15H2,1-3H3. The van der Waals surface area contributed by atoms with Crippen LogP contribution in [0, 0.1) is 6.92 Å². The Morgan fingerprint density at radius 1 is 1.53 bits per heavy atom. The molecule has 1 unspecified atom stereocenters. The van der Waals surface area contributed by atoms with E-state index < -0.39 is 0 Å². The van der Waals surface area contributed by atoms with Gasteiger partial charge in [-0.1, -0.05) is 6.92 Å². The number of benzene rings is 1. The average molecular weight is 235 g/mol. The van der Waals surface area contributed by atoms with Crippen molar-refractivity contribution in [1.82, 2.24) is 0 Å². The van der Waals surface area contributed by atoms with Crippen LogP contribution in [0.3, 0.4) is 0 Å². The number of hydrogen-bond donors (Lipinski definition) is 1. The highest BCUT2D eigenvalue weighted by Gasteiger charge is 2.24. The van der Waals surface area contributed by atoms with E-state index in [0.29, 0.717) is 12.5 Å². The summed E-state index contributed by atoms with van der Waals surface area (Å²) in [5.41, 5.74) is 9.42. The fourth-order valence-corrected chi connectivity index (χ4v) is 2.67. The summed E-state index contributed by atoms with van der Waals surface area (Å²) in [6.45, 7) is 5.76. The van der Waals surface area contributed by atoms with Crippen LogP contribution >= 0.6 is 0 Å². The van der Waals surface area contributed by atoms with E-state index in [2.05, 4.69) is 19.9 Å². The summed E-state index contributed by atoms with van der Waals surface area (Å²) < 4.78 is 11.2. The van der Waals surface area contributed by atoms with E-state index in [1.54, 1.807) is 7.11 Å². The van der Waals surface area contributed by atoms with Crippen LogP contribution in [0.2, 0.25) is 0 Å². The molecule has 2 rings (SSSR count). The summed E-state index contributed by atoms with van der Waals surface area (Å²) in [6, 6.07) is 2.08. The van der Waals surface area contributed by atoms with Crippen LogP contribution < -0.4 is 15.2 Å². The van der Waals surface area contributed by atoms with Gasteiger partial charge in [-0.25, -0.2) is 0 Å². The first-order valence-corrected chi connectivity index (χ1v) is 6.22. The van der Waals surface area contributed by atoms with Crippen molar-refractivity contribution in [3.05, 3.63) is 22.8 Å². The first-order valence-electron chi connectivity index (χ1n) is 6.22. The van der Waals surface area contributed by atoms with E-state index >= 15 is 0 Å². The van der Waals surface area contributed by atoms with Gasteiger partial charge in [0.2, 0.25) is 0 Å². The zero-order chi connectivity index (χ0) is 12.4. The first kappa shape index (κ1) is 12.2. The summed E-state index contributed by atoms with van der Waals surface area (Å²) in [5, 5.41) is 0. The first-order chi connectivity index (χ1) is 8.19. The SMILES string of the molecule is COc1c(C)cc2c(c1C(C)CCN)CCO2. The predicted molar refractivity (Wildman–Crippen MR) is 69.0 cm³/mol. The fraction of sp³-hybridized carbons (Fsp3) is 0.571. The Labute approximate surface area is 103 Å². The molecule has 0 aromatic heterocycles. The number of methoxy groups -OCH3 is 1. The lowest BCUT2D eigenvalue weighted by Crippen LogP contribution is -2.08. The Balaban J connectivity index is 2.53. The van der Waals surface area contributed by atoms with E-state index in [9.17, 15) is 0 Å². The fourth-order valence-electron chi connectivity index (χ4n) is 2.67. The highest BCUT2D eigenvalue weighted by Crippen LogP contribution is 2.42. The van der Waals surface area contributed by atoms with Crippen molar-refractivity contribution in [2.45, 2.75) is 32.6 Å². The lowest BCUT2D eigenvalue weighted by atomic mass is 9.89. The van der Waals surface area contributed by atoms with Gasteiger partial charge in [0, 0.05) is 17.5 Å². The molecule has 17 heavy (non-hydrogen) atoms. The van der Waals surface area contributed by atoms with Crippen molar-refractivity contribution in [2.75, 3.05) is 20.3 Å². The van der Waals surface area contributed by atoms with Crippen LogP contribution in [-0.4, -0.2) is 20.3 Å². The number of aryl methyl sites for hydroxylation is 1. The molecule has 1 atom stereocenters. The second-order valence-electron chi connectivity index (χ2n) is 4.69. The molecule has 0 saturated heterocycles. The molecule has 3 nitrogen and oxygen atoms in total. The minimum atomic E-state index is 0.422. The van der Waals surface area contributed by atoms with E-state index in [1.165, 1.54) is 11.1 Å². The van der Waals surface area contributed by atoms with Crippen LogP contribution in [0.5, 0.6) is 11.5 Å². The molecule has 1 aromatic carbocycles. The normalized spacial score (nSPS) is 15.3. The van der Waals surface area contributed by atoms with Gasteiger partial charge in [0.05, 0.1) is 13.7 Å². The molecule has 0 fully saturated rings. The van der Waals surface area contributed by atoms with Crippen LogP contribution in [0.1, 0.15) is 36.0 Å². The molecular formula is C14H21NO2. The number of fused-ring (bicyclic) bond motifs is 1. The Kier molecular flexibility index (Phi) is 3.57. The topological polar surface area (TPSA) is 44.5 Å². The van der Waals surface area contributed by atoms with Crippen molar-refractivity contribution < 1.29 is 9.47 Å². The molecule has 2 N–H and O–H groups in total. The number of nitrogens with two attached hydrogens (primary N) is 1. The lowest BCUT2D eigenvalue weighted by molar-refractivity contribution is 0.356. The summed E-state index contributed by atoms with van der Waals surface area (Å²) >= 11 is 0. The monoisotopic (exact) mass is 235 g/mol. The third-order valence-electron chi connectivity index (χ3n) is 3.48. The predicted octanol–water partition coefficient (Wildman–Crippen LogP) is 2.39. The second-order valence-corrected chi connectivity index (χ2v) is 4.69. The van der Waals surface area contributed by atoms with Gasteiger partial charge in [0.25, 0.3) is 0 Å². The maximum Gasteiger partial charge on any atom is 0.125 e. The zero-order valence-corrected chi connectivity index (χ0v) is 10.9. The van der Waals surface area contributed by atoms with E-state index in [-0.39, 0.29) is 0 Å². The largest absolute Gasteiger partial charge is 0.496 e. The molecule has 0 saturated carbocycles. The quantitative estimate of drug-likeness (QED) is 0.871. The maximum atomic E-state index is 5.67. The molecule has 1 heterocycles. The van der Waals surface area contributed by atoms with Gasteiger partial charge < -0.3 is 15.2 Å².